The topological polar surface area (TPSA) is 26.0 Å². The normalized spacial score (nSPS) is 12.8. The highest BCUT2D eigenvalue weighted by molar-refractivity contribution is 5.22. The second kappa shape index (κ2) is 5.81. The van der Waals surface area contributed by atoms with Gasteiger partial charge in [-0.1, -0.05) is 38.3 Å². The minimum atomic E-state index is -0.821. The van der Waals surface area contributed by atoms with Crippen LogP contribution in [0.1, 0.15) is 44.2 Å². The molecular formula is C12H17F2N. The average Bonchev–Trinajstić information content (AvgIpc) is 2.22. The molecule has 1 unspecified atom stereocenters. The number of halogens is 2. The van der Waals surface area contributed by atoms with Gasteiger partial charge in [0.2, 0.25) is 0 Å². The SMILES string of the molecule is CCCCCC(N)c1cccc(F)c1F. The zero-order valence-electron chi connectivity index (χ0n) is 8.97. The van der Waals surface area contributed by atoms with Gasteiger partial charge >= 0.3 is 0 Å². The third kappa shape index (κ3) is 3.27. The van der Waals surface area contributed by atoms with Crippen molar-refractivity contribution in [3.05, 3.63) is 35.4 Å². The molecule has 0 heterocycles. The van der Waals surface area contributed by atoms with Crippen LogP contribution in [0.25, 0.3) is 0 Å². The van der Waals surface area contributed by atoms with E-state index in [9.17, 15) is 8.78 Å². The van der Waals surface area contributed by atoms with Crippen molar-refractivity contribution in [2.24, 2.45) is 5.73 Å². The highest BCUT2D eigenvalue weighted by Crippen LogP contribution is 2.21. The molecule has 0 radical (unpaired) electrons. The van der Waals surface area contributed by atoms with Crippen LogP contribution >= 0.6 is 0 Å². The lowest BCUT2D eigenvalue weighted by atomic mass is 10.0. The lowest BCUT2D eigenvalue weighted by Crippen LogP contribution is -2.12. The molecule has 1 atom stereocenters. The van der Waals surface area contributed by atoms with Crippen LogP contribution in [0.4, 0.5) is 8.78 Å². The Morgan fingerprint density at radius 1 is 1.27 bits per heavy atom. The highest BCUT2D eigenvalue weighted by Gasteiger charge is 2.13. The number of benzene rings is 1. The van der Waals surface area contributed by atoms with Crippen molar-refractivity contribution in [1.82, 2.24) is 0 Å². The maximum Gasteiger partial charge on any atom is 0.163 e. The van der Waals surface area contributed by atoms with Gasteiger partial charge in [0.1, 0.15) is 0 Å². The Morgan fingerprint density at radius 2 is 2.00 bits per heavy atom. The predicted molar refractivity (Wildman–Crippen MR) is 57.4 cm³/mol. The first-order chi connectivity index (χ1) is 7.16. The molecule has 0 saturated heterocycles. The van der Waals surface area contributed by atoms with E-state index < -0.39 is 17.7 Å². The van der Waals surface area contributed by atoms with Gasteiger partial charge in [0, 0.05) is 11.6 Å². The summed E-state index contributed by atoms with van der Waals surface area (Å²) in [4.78, 5) is 0. The molecule has 84 valence electrons. The number of unbranched alkanes of at least 4 members (excludes halogenated alkanes) is 2. The Labute approximate surface area is 89.3 Å². The van der Waals surface area contributed by atoms with E-state index in [1.165, 1.54) is 6.07 Å². The first kappa shape index (κ1) is 12.1. The molecule has 0 fully saturated rings. The molecule has 0 spiro atoms. The van der Waals surface area contributed by atoms with Gasteiger partial charge in [0.25, 0.3) is 0 Å². The molecule has 1 rings (SSSR count). The van der Waals surface area contributed by atoms with E-state index in [0.717, 1.165) is 25.3 Å². The lowest BCUT2D eigenvalue weighted by Gasteiger charge is -2.12. The zero-order valence-corrected chi connectivity index (χ0v) is 8.97. The molecule has 0 aliphatic rings. The summed E-state index contributed by atoms with van der Waals surface area (Å²) in [6.45, 7) is 2.09. The Morgan fingerprint density at radius 3 is 2.67 bits per heavy atom. The van der Waals surface area contributed by atoms with Gasteiger partial charge in [0.05, 0.1) is 0 Å². The van der Waals surface area contributed by atoms with E-state index in [2.05, 4.69) is 6.92 Å². The largest absolute Gasteiger partial charge is 0.324 e. The van der Waals surface area contributed by atoms with E-state index >= 15 is 0 Å². The molecule has 0 aliphatic carbocycles. The number of nitrogens with two attached hydrogens (primary N) is 1. The fourth-order valence-corrected chi connectivity index (χ4v) is 1.58. The van der Waals surface area contributed by atoms with Crippen molar-refractivity contribution in [3.8, 4) is 0 Å². The molecule has 0 bridgehead atoms. The van der Waals surface area contributed by atoms with Crippen LogP contribution in [0, 0.1) is 11.6 Å². The van der Waals surface area contributed by atoms with Crippen LogP contribution in [-0.2, 0) is 0 Å². The maximum absolute atomic E-state index is 13.3. The Balaban J connectivity index is 2.65. The summed E-state index contributed by atoms with van der Waals surface area (Å²) in [6, 6.07) is 3.76. The summed E-state index contributed by atoms with van der Waals surface area (Å²) < 4.78 is 26.2. The molecule has 0 aliphatic heterocycles. The van der Waals surface area contributed by atoms with Crippen LogP contribution in [-0.4, -0.2) is 0 Å². The predicted octanol–water partition coefficient (Wildman–Crippen LogP) is 3.54. The average molecular weight is 213 g/mol. The van der Waals surface area contributed by atoms with Crippen molar-refractivity contribution in [3.63, 3.8) is 0 Å². The smallest absolute Gasteiger partial charge is 0.163 e. The van der Waals surface area contributed by atoms with Crippen LogP contribution in [0.5, 0.6) is 0 Å². The van der Waals surface area contributed by atoms with Gasteiger partial charge in [0.15, 0.2) is 11.6 Å². The molecule has 1 aromatic carbocycles. The molecule has 0 amide bonds. The summed E-state index contributed by atoms with van der Waals surface area (Å²) in [5, 5.41) is 0. The second-order valence-corrected chi connectivity index (χ2v) is 3.75. The summed E-state index contributed by atoms with van der Waals surface area (Å²) in [7, 11) is 0. The lowest BCUT2D eigenvalue weighted by molar-refractivity contribution is 0.478. The molecular weight excluding hydrogens is 196 g/mol. The van der Waals surface area contributed by atoms with Crippen molar-refractivity contribution < 1.29 is 8.78 Å². The first-order valence-electron chi connectivity index (χ1n) is 5.36. The van der Waals surface area contributed by atoms with Crippen LogP contribution in [0.3, 0.4) is 0 Å². The fraction of sp³-hybridized carbons (Fsp3) is 0.500. The highest BCUT2D eigenvalue weighted by atomic mass is 19.2. The Hall–Kier alpha value is -0.960. The van der Waals surface area contributed by atoms with Crippen LogP contribution in [0.2, 0.25) is 0 Å². The van der Waals surface area contributed by atoms with E-state index in [1.807, 2.05) is 0 Å². The van der Waals surface area contributed by atoms with Gasteiger partial charge in [-0.3, -0.25) is 0 Å². The minimum absolute atomic E-state index is 0.283. The number of hydrogen-bond acceptors (Lipinski definition) is 1. The summed E-state index contributed by atoms with van der Waals surface area (Å²) in [6.07, 6.45) is 3.82. The van der Waals surface area contributed by atoms with Gasteiger partial charge in [-0.05, 0) is 12.5 Å². The van der Waals surface area contributed by atoms with Crippen molar-refractivity contribution in [2.45, 2.75) is 38.6 Å². The van der Waals surface area contributed by atoms with E-state index in [1.54, 1.807) is 6.07 Å². The minimum Gasteiger partial charge on any atom is -0.324 e. The van der Waals surface area contributed by atoms with Crippen molar-refractivity contribution in [1.29, 1.82) is 0 Å². The van der Waals surface area contributed by atoms with E-state index in [4.69, 9.17) is 5.73 Å². The summed E-state index contributed by atoms with van der Waals surface area (Å²) in [5.41, 5.74) is 6.08. The van der Waals surface area contributed by atoms with E-state index in [-0.39, 0.29) is 5.56 Å². The number of hydrogen-bond donors (Lipinski definition) is 1. The van der Waals surface area contributed by atoms with Gasteiger partial charge in [-0.25, -0.2) is 8.78 Å². The Kier molecular flexibility index (Phi) is 4.69. The van der Waals surface area contributed by atoms with Crippen LogP contribution < -0.4 is 5.73 Å². The van der Waals surface area contributed by atoms with Crippen molar-refractivity contribution in [2.75, 3.05) is 0 Å². The zero-order chi connectivity index (χ0) is 11.3. The molecule has 15 heavy (non-hydrogen) atoms. The third-order valence-electron chi connectivity index (χ3n) is 2.50. The van der Waals surface area contributed by atoms with Gasteiger partial charge in [-0.15, -0.1) is 0 Å². The molecule has 1 aromatic rings. The van der Waals surface area contributed by atoms with Gasteiger partial charge in [-0.2, -0.15) is 0 Å². The molecule has 3 heteroatoms. The van der Waals surface area contributed by atoms with Crippen LogP contribution in [0.15, 0.2) is 18.2 Å². The number of rotatable bonds is 5. The summed E-state index contributed by atoms with van der Waals surface area (Å²) >= 11 is 0. The van der Waals surface area contributed by atoms with Crippen molar-refractivity contribution >= 4 is 0 Å². The Bertz CT molecular complexity index is 312. The standard InChI is InChI=1S/C12H17F2N/c1-2-3-4-8-11(15)9-6-5-7-10(13)12(9)14/h5-7,11H,2-4,8,15H2,1H3. The monoisotopic (exact) mass is 213 g/mol. The molecule has 2 N–H and O–H groups in total. The second-order valence-electron chi connectivity index (χ2n) is 3.75. The summed E-state index contributed by atoms with van der Waals surface area (Å²) in [5.74, 6) is -1.63. The first-order valence-corrected chi connectivity index (χ1v) is 5.36. The fourth-order valence-electron chi connectivity index (χ4n) is 1.58. The molecule has 1 nitrogen and oxygen atoms in total. The molecule has 0 saturated carbocycles. The maximum atomic E-state index is 13.3. The molecule has 0 aromatic heterocycles. The van der Waals surface area contributed by atoms with Gasteiger partial charge < -0.3 is 5.73 Å². The quantitative estimate of drug-likeness (QED) is 0.744. The third-order valence-corrected chi connectivity index (χ3v) is 2.50. The van der Waals surface area contributed by atoms with E-state index in [0.29, 0.717) is 6.42 Å².